The van der Waals surface area contributed by atoms with E-state index in [-0.39, 0.29) is 11.8 Å². The maximum atomic E-state index is 12.7. The summed E-state index contributed by atoms with van der Waals surface area (Å²) in [5.41, 5.74) is 10.1. The standard InChI is InChI=1S/C27H23N3O2/c28-26(31)19-8-4-7-18(13-19)21-10-9-20(25-16-29-12-11-22(21)25)15-30-27(32)24-14-23(24)17-5-2-1-3-6-17/h1-13,16,23-24H,14-15H2,(H2,28,31)(H,30,32). The molecule has 0 aliphatic heterocycles. The Morgan fingerprint density at radius 3 is 2.62 bits per heavy atom. The predicted molar refractivity (Wildman–Crippen MR) is 125 cm³/mol. The van der Waals surface area contributed by atoms with Gasteiger partial charge in [-0.3, -0.25) is 14.6 Å². The van der Waals surface area contributed by atoms with E-state index in [4.69, 9.17) is 5.73 Å². The van der Waals surface area contributed by atoms with Gasteiger partial charge in [0.2, 0.25) is 11.8 Å². The average Bonchev–Trinajstić information content (AvgIpc) is 3.64. The summed E-state index contributed by atoms with van der Waals surface area (Å²) >= 11 is 0. The average molecular weight is 422 g/mol. The molecule has 1 aliphatic rings. The number of primary amides is 1. The van der Waals surface area contributed by atoms with Gasteiger partial charge in [0.05, 0.1) is 0 Å². The molecular weight excluding hydrogens is 398 g/mol. The summed E-state index contributed by atoms with van der Waals surface area (Å²) in [4.78, 5) is 28.6. The number of pyridine rings is 1. The van der Waals surface area contributed by atoms with Gasteiger partial charge >= 0.3 is 0 Å². The fourth-order valence-electron chi connectivity index (χ4n) is 4.36. The third kappa shape index (κ3) is 3.85. The molecule has 3 aromatic carbocycles. The third-order valence-corrected chi connectivity index (χ3v) is 6.17. The van der Waals surface area contributed by atoms with Crippen molar-refractivity contribution in [2.45, 2.75) is 18.9 Å². The van der Waals surface area contributed by atoms with E-state index in [0.717, 1.165) is 33.9 Å². The van der Waals surface area contributed by atoms with E-state index >= 15 is 0 Å². The van der Waals surface area contributed by atoms with Gasteiger partial charge < -0.3 is 11.1 Å². The Labute approximate surface area is 186 Å². The predicted octanol–water partition coefficient (Wildman–Crippen LogP) is 4.42. The number of nitrogens with zero attached hydrogens (tertiary/aromatic N) is 1. The first-order chi connectivity index (χ1) is 15.6. The SMILES string of the molecule is NC(=O)c1cccc(-c2ccc(CNC(=O)C3CC3c3ccccc3)c3cnccc23)c1. The van der Waals surface area contributed by atoms with E-state index in [1.165, 1.54) is 5.56 Å². The van der Waals surface area contributed by atoms with Crippen LogP contribution in [0.15, 0.2) is 85.2 Å². The van der Waals surface area contributed by atoms with Gasteiger partial charge in [0.1, 0.15) is 0 Å². The molecule has 1 heterocycles. The molecule has 0 bridgehead atoms. The lowest BCUT2D eigenvalue weighted by atomic mass is 9.95. The Bertz CT molecular complexity index is 1320. The van der Waals surface area contributed by atoms with Gasteiger partial charge in [0.25, 0.3) is 0 Å². The lowest BCUT2D eigenvalue weighted by Gasteiger charge is -2.13. The molecule has 2 atom stereocenters. The van der Waals surface area contributed by atoms with Crippen molar-refractivity contribution >= 4 is 22.6 Å². The van der Waals surface area contributed by atoms with Crippen molar-refractivity contribution in [2.75, 3.05) is 0 Å². The highest BCUT2D eigenvalue weighted by molar-refractivity contribution is 6.00. The number of fused-ring (bicyclic) bond motifs is 1. The second-order valence-electron chi connectivity index (χ2n) is 8.22. The number of carbonyl (C=O) groups excluding carboxylic acids is 2. The molecule has 158 valence electrons. The van der Waals surface area contributed by atoms with Gasteiger partial charge in [-0.05, 0) is 58.2 Å². The van der Waals surface area contributed by atoms with Crippen LogP contribution in [-0.4, -0.2) is 16.8 Å². The number of rotatable bonds is 6. The number of nitrogens with one attached hydrogen (secondary N) is 1. The number of benzene rings is 3. The lowest BCUT2D eigenvalue weighted by molar-refractivity contribution is -0.122. The van der Waals surface area contributed by atoms with Crippen LogP contribution in [0, 0.1) is 5.92 Å². The zero-order valence-corrected chi connectivity index (χ0v) is 17.5. The van der Waals surface area contributed by atoms with Crippen molar-refractivity contribution < 1.29 is 9.59 Å². The van der Waals surface area contributed by atoms with Crippen molar-refractivity contribution in [3.8, 4) is 11.1 Å². The highest BCUT2D eigenvalue weighted by Gasteiger charge is 2.43. The fourth-order valence-corrected chi connectivity index (χ4v) is 4.36. The molecule has 1 aliphatic carbocycles. The quantitative estimate of drug-likeness (QED) is 0.483. The second kappa shape index (κ2) is 8.27. The van der Waals surface area contributed by atoms with Crippen LogP contribution >= 0.6 is 0 Å². The summed E-state index contributed by atoms with van der Waals surface area (Å²) in [6, 6.07) is 23.5. The molecule has 32 heavy (non-hydrogen) atoms. The molecular formula is C27H23N3O2. The summed E-state index contributed by atoms with van der Waals surface area (Å²) in [5.74, 6) is -0.00714. The first-order valence-corrected chi connectivity index (χ1v) is 10.7. The number of aromatic nitrogens is 1. The monoisotopic (exact) mass is 421 g/mol. The summed E-state index contributed by atoms with van der Waals surface area (Å²) < 4.78 is 0. The molecule has 1 fully saturated rings. The van der Waals surface area contributed by atoms with E-state index < -0.39 is 5.91 Å². The van der Waals surface area contributed by atoms with Gasteiger partial charge in [-0.1, -0.05) is 54.6 Å². The van der Waals surface area contributed by atoms with E-state index in [2.05, 4.69) is 22.4 Å². The van der Waals surface area contributed by atoms with Gasteiger partial charge in [-0.2, -0.15) is 0 Å². The van der Waals surface area contributed by atoms with Crippen LogP contribution in [-0.2, 0) is 11.3 Å². The summed E-state index contributed by atoms with van der Waals surface area (Å²) in [5, 5.41) is 5.10. The number of amides is 2. The van der Waals surface area contributed by atoms with Crippen LogP contribution in [0.2, 0.25) is 0 Å². The lowest BCUT2D eigenvalue weighted by Crippen LogP contribution is -2.25. The number of hydrogen-bond acceptors (Lipinski definition) is 3. The van der Waals surface area contributed by atoms with Crippen LogP contribution < -0.4 is 11.1 Å². The first kappa shape index (κ1) is 19.9. The Kier molecular flexibility index (Phi) is 5.15. The first-order valence-electron chi connectivity index (χ1n) is 10.7. The highest BCUT2D eigenvalue weighted by Crippen LogP contribution is 2.47. The number of nitrogens with two attached hydrogens (primary N) is 1. The number of carbonyl (C=O) groups is 2. The Morgan fingerprint density at radius 1 is 0.969 bits per heavy atom. The van der Waals surface area contributed by atoms with Crippen LogP contribution in [0.3, 0.4) is 0 Å². The summed E-state index contributed by atoms with van der Waals surface area (Å²) in [7, 11) is 0. The Hall–Kier alpha value is -3.99. The maximum Gasteiger partial charge on any atom is 0.248 e. The van der Waals surface area contributed by atoms with Crippen molar-refractivity contribution in [3.63, 3.8) is 0 Å². The van der Waals surface area contributed by atoms with Gasteiger partial charge in [0.15, 0.2) is 0 Å². The molecule has 0 radical (unpaired) electrons. The smallest absolute Gasteiger partial charge is 0.248 e. The minimum Gasteiger partial charge on any atom is -0.366 e. The zero-order chi connectivity index (χ0) is 22.1. The maximum absolute atomic E-state index is 12.7. The van der Waals surface area contributed by atoms with Gasteiger partial charge in [0, 0.05) is 35.8 Å². The highest BCUT2D eigenvalue weighted by atomic mass is 16.2. The number of hydrogen-bond donors (Lipinski definition) is 2. The van der Waals surface area contributed by atoms with E-state index in [9.17, 15) is 9.59 Å². The van der Waals surface area contributed by atoms with E-state index in [1.54, 1.807) is 18.3 Å². The molecule has 1 saturated carbocycles. The van der Waals surface area contributed by atoms with Crippen molar-refractivity contribution in [3.05, 3.63) is 102 Å². The topological polar surface area (TPSA) is 85.1 Å². The van der Waals surface area contributed by atoms with Gasteiger partial charge in [-0.25, -0.2) is 0 Å². The van der Waals surface area contributed by atoms with Crippen LogP contribution in [0.5, 0.6) is 0 Å². The molecule has 4 aromatic rings. The normalized spacial score (nSPS) is 17.1. The summed E-state index contributed by atoms with van der Waals surface area (Å²) in [6.07, 6.45) is 4.47. The molecule has 5 rings (SSSR count). The van der Waals surface area contributed by atoms with Gasteiger partial charge in [-0.15, -0.1) is 0 Å². The van der Waals surface area contributed by atoms with Crippen LogP contribution in [0.25, 0.3) is 21.9 Å². The largest absolute Gasteiger partial charge is 0.366 e. The fraction of sp³-hybridized carbons (Fsp3) is 0.148. The minimum atomic E-state index is -0.453. The molecule has 0 spiro atoms. The zero-order valence-electron chi connectivity index (χ0n) is 17.5. The molecule has 5 heteroatoms. The van der Waals surface area contributed by atoms with Crippen molar-refractivity contribution in [1.29, 1.82) is 0 Å². The van der Waals surface area contributed by atoms with Crippen LogP contribution in [0.1, 0.15) is 33.8 Å². The van der Waals surface area contributed by atoms with Crippen LogP contribution in [0.4, 0.5) is 0 Å². The Balaban J connectivity index is 1.37. The van der Waals surface area contributed by atoms with E-state index in [1.807, 2.05) is 54.7 Å². The molecule has 3 N–H and O–H groups in total. The second-order valence-corrected chi connectivity index (χ2v) is 8.22. The van der Waals surface area contributed by atoms with E-state index in [0.29, 0.717) is 18.0 Å². The third-order valence-electron chi connectivity index (χ3n) is 6.17. The Morgan fingerprint density at radius 2 is 1.81 bits per heavy atom. The molecule has 1 aromatic heterocycles. The molecule has 5 nitrogen and oxygen atoms in total. The minimum absolute atomic E-state index is 0.0394. The molecule has 2 unspecified atom stereocenters. The molecule has 0 saturated heterocycles. The molecule has 2 amide bonds. The van der Waals surface area contributed by atoms with Crippen molar-refractivity contribution in [2.24, 2.45) is 11.7 Å². The van der Waals surface area contributed by atoms with Crippen molar-refractivity contribution in [1.82, 2.24) is 10.3 Å². The summed E-state index contributed by atoms with van der Waals surface area (Å²) in [6.45, 7) is 0.445.